The number of terminal acetylenes is 1. The molecule has 4 aromatic rings. The van der Waals surface area contributed by atoms with E-state index in [-0.39, 0.29) is 39.1 Å². The molecule has 0 saturated carbocycles. The number of aliphatic carboxylic acids is 2. The summed E-state index contributed by atoms with van der Waals surface area (Å²) in [5.41, 5.74) is -2.92. The topological polar surface area (TPSA) is 252 Å². The molecule has 0 spiro atoms. The Morgan fingerprint density at radius 3 is 2.42 bits per heavy atom. The Morgan fingerprint density at radius 1 is 1.12 bits per heavy atom. The average molecular weight is 809 g/mol. The van der Waals surface area contributed by atoms with Gasteiger partial charge in [0, 0.05) is 32.7 Å². The number of nitrogens with zero attached hydrogens (tertiary/aromatic N) is 5. The van der Waals surface area contributed by atoms with Crippen LogP contribution in [0.1, 0.15) is 46.4 Å². The summed E-state index contributed by atoms with van der Waals surface area (Å²) in [6.07, 6.45) is 2.82. The molecule has 300 valence electrons. The summed E-state index contributed by atoms with van der Waals surface area (Å²) in [4.78, 5) is 91.1. The van der Waals surface area contributed by atoms with E-state index in [0.29, 0.717) is 5.56 Å². The number of carboxylic acids is 2. The molecule has 0 radical (unpaired) electrons. The average Bonchev–Trinajstić information content (AvgIpc) is 3.66. The predicted molar refractivity (Wildman–Crippen MR) is 198 cm³/mol. The van der Waals surface area contributed by atoms with E-state index in [1.54, 1.807) is 26.8 Å². The van der Waals surface area contributed by atoms with E-state index in [9.17, 15) is 39.0 Å². The summed E-state index contributed by atoms with van der Waals surface area (Å²) >= 11 is 6.33. The maximum atomic E-state index is 13.0. The summed E-state index contributed by atoms with van der Waals surface area (Å²) in [7, 11) is 1.38. The molecule has 0 aliphatic carbocycles. The first-order valence-corrected chi connectivity index (χ1v) is 17.4. The Labute approximate surface area is 328 Å². The van der Waals surface area contributed by atoms with Crippen LogP contribution < -0.4 is 15.2 Å². The van der Waals surface area contributed by atoms with E-state index in [1.165, 1.54) is 48.4 Å². The maximum Gasteiger partial charge on any atom is 0.415 e. The molecule has 1 aliphatic rings. The van der Waals surface area contributed by atoms with Crippen LogP contribution in [0.4, 0.5) is 10.6 Å². The van der Waals surface area contributed by atoms with Crippen LogP contribution in [0.15, 0.2) is 47.7 Å². The van der Waals surface area contributed by atoms with Crippen molar-refractivity contribution >= 4 is 58.6 Å². The molecule has 3 N–H and O–H groups in total. The molecule has 4 heterocycles. The van der Waals surface area contributed by atoms with Gasteiger partial charge in [-0.05, 0) is 68.1 Å². The minimum atomic E-state index is -2.22. The SMILES string of the molecule is C#C[C@@]1(OC(C)=O)[C@@H](COc2cc(-c3ccc[nH]c3=O)ccc2CC(C(=O)O)C(=O)O)O[C@@H](n2cnc3c(N(C)C(=O)OC(C)(C)C)nc(Cl)nc32)[C@@H]1OC(C)=O. The van der Waals surface area contributed by atoms with Crippen molar-refractivity contribution in [2.45, 2.75) is 70.7 Å². The Bertz CT molecular complexity index is 2330. The van der Waals surface area contributed by atoms with Gasteiger partial charge in [-0.25, -0.2) is 9.78 Å². The number of carbonyl (C=O) groups is 5. The molecule has 4 atom stereocenters. The van der Waals surface area contributed by atoms with Crippen molar-refractivity contribution in [3.63, 3.8) is 0 Å². The number of amides is 1. The molecule has 57 heavy (non-hydrogen) atoms. The van der Waals surface area contributed by atoms with Gasteiger partial charge in [-0.2, -0.15) is 9.97 Å². The van der Waals surface area contributed by atoms with Crippen LogP contribution in [0.2, 0.25) is 5.28 Å². The van der Waals surface area contributed by atoms with E-state index in [1.807, 2.05) is 0 Å². The highest BCUT2D eigenvalue weighted by molar-refractivity contribution is 6.28. The second-order valence-corrected chi connectivity index (χ2v) is 14.1. The number of hydrogen-bond donors (Lipinski definition) is 3. The van der Waals surface area contributed by atoms with Crippen molar-refractivity contribution in [1.82, 2.24) is 24.5 Å². The monoisotopic (exact) mass is 808 g/mol. The molecule has 5 rings (SSSR count). The quantitative estimate of drug-likeness (QED) is 0.0610. The lowest BCUT2D eigenvalue weighted by molar-refractivity contribution is -0.174. The van der Waals surface area contributed by atoms with Crippen LogP contribution in [-0.4, -0.2) is 102 Å². The number of aromatic nitrogens is 5. The Balaban J connectivity index is 1.61. The van der Waals surface area contributed by atoms with Crippen molar-refractivity contribution in [2.24, 2.45) is 5.92 Å². The number of carbonyl (C=O) groups excluding carboxylic acids is 3. The van der Waals surface area contributed by atoms with Gasteiger partial charge in [0.15, 0.2) is 29.1 Å². The standard InChI is InChI=1S/C37H37ClN6O13/c1-8-37(56-19(3)46)25(16-53-24-15-20(22-10-9-13-39-30(22)47)11-12-21(24)14-23(32(48)49)33(50)51)55-31(27(37)54-18(2)45)44-17-40-26-28(41-34(38)42-29(26)44)43(7)35(52)57-36(4,5)6/h1,9-13,15,17,23,25,27,31H,14,16H2,2-7H3,(H,39,47)(H,48,49)(H,50,51)/t25-,27+,31-,37-/m1/s1. The number of anilines is 1. The van der Waals surface area contributed by atoms with E-state index in [2.05, 4.69) is 25.9 Å². The number of nitrogens with one attached hydrogen (secondary N) is 1. The summed E-state index contributed by atoms with van der Waals surface area (Å²) in [6.45, 7) is 6.58. The lowest BCUT2D eigenvalue weighted by Crippen LogP contribution is -2.53. The first kappa shape index (κ1) is 41.6. The fourth-order valence-corrected chi connectivity index (χ4v) is 6.21. The minimum Gasteiger partial charge on any atom is -0.490 e. The number of imidazole rings is 1. The van der Waals surface area contributed by atoms with Crippen molar-refractivity contribution in [2.75, 3.05) is 18.6 Å². The van der Waals surface area contributed by atoms with E-state index >= 15 is 0 Å². The summed E-state index contributed by atoms with van der Waals surface area (Å²) in [5, 5.41) is 18.9. The number of hydrogen-bond acceptors (Lipinski definition) is 14. The van der Waals surface area contributed by atoms with E-state index in [4.69, 9.17) is 41.7 Å². The predicted octanol–water partition coefficient (Wildman–Crippen LogP) is 3.38. The first-order chi connectivity index (χ1) is 26.8. The van der Waals surface area contributed by atoms with Crippen LogP contribution in [0.25, 0.3) is 22.3 Å². The van der Waals surface area contributed by atoms with Crippen LogP contribution >= 0.6 is 11.6 Å². The number of benzene rings is 1. The lowest BCUT2D eigenvalue weighted by Gasteiger charge is -2.32. The van der Waals surface area contributed by atoms with Gasteiger partial charge in [0.05, 0.1) is 6.33 Å². The van der Waals surface area contributed by atoms with Crippen molar-refractivity contribution in [3.8, 4) is 29.2 Å². The van der Waals surface area contributed by atoms with Crippen molar-refractivity contribution in [1.29, 1.82) is 0 Å². The van der Waals surface area contributed by atoms with Gasteiger partial charge < -0.3 is 38.9 Å². The second-order valence-electron chi connectivity index (χ2n) is 13.7. The van der Waals surface area contributed by atoms with Gasteiger partial charge in [-0.1, -0.05) is 18.1 Å². The number of carboxylic acid groups (broad SMARTS) is 2. The third kappa shape index (κ3) is 8.82. The number of aromatic amines is 1. The van der Waals surface area contributed by atoms with Crippen LogP contribution in [0, 0.1) is 18.3 Å². The zero-order valence-electron chi connectivity index (χ0n) is 31.3. The molecular weight excluding hydrogens is 772 g/mol. The van der Waals surface area contributed by atoms with Gasteiger partial charge in [-0.15, -0.1) is 6.42 Å². The largest absolute Gasteiger partial charge is 0.490 e. The Morgan fingerprint density at radius 2 is 1.82 bits per heavy atom. The fourth-order valence-electron chi connectivity index (χ4n) is 6.05. The third-order valence-electron chi connectivity index (χ3n) is 8.54. The molecule has 0 bridgehead atoms. The fraction of sp³-hybridized carbons (Fsp3) is 0.378. The molecule has 1 amide bonds. The Hall–Kier alpha value is -6.52. The van der Waals surface area contributed by atoms with Crippen LogP contribution in [0.3, 0.4) is 0 Å². The lowest BCUT2D eigenvalue weighted by atomic mass is 9.92. The molecule has 3 aromatic heterocycles. The summed E-state index contributed by atoms with van der Waals surface area (Å²) in [6, 6.07) is 7.39. The molecular formula is C37H37ClN6O13. The molecule has 1 aliphatic heterocycles. The minimum absolute atomic E-state index is 0.0280. The van der Waals surface area contributed by atoms with Crippen LogP contribution in [0.5, 0.6) is 5.75 Å². The molecule has 19 nitrogen and oxygen atoms in total. The smallest absolute Gasteiger partial charge is 0.415 e. The zero-order valence-corrected chi connectivity index (χ0v) is 32.1. The number of esters is 2. The normalized spacial score (nSPS) is 19.1. The summed E-state index contributed by atoms with van der Waals surface area (Å²) < 4.78 is 30.7. The number of rotatable bonds is 12. The first-order valence-electron chi connectivity index (χ1n) is 17.0. The molecule has 20 heteroatoms. The molecule has 1 fully saturated rings. The van der Waals surface area contributed by atoms with E-state index < -0.39 is 84.1 Å². The third-order valence-corrected chi connectivity index (χ3v) is 8.71. The molecule has 1 aromatic carbocycles. The number of pyridine rings is 1. The van der Waals surface area contributed by atoms with Gasteiger partial charge in [0.25, 0.3) is 5.56 Å². The van der Waals surface area contributed by atoms with Gasteiger partial charge >= 0.3 is 30.0 Å². The highest BCUT2D eigenvalue weighted by Gasteiger charge is 2.62. The molecule has 1 saturated heterocycles. The number of fused-ring (bicyclic) bond motifs is 1. The molecule has 0 unspecified atom stereocenters. The maximum absolute atomic E-state index is 13.0. The van der Waals surface area contributed by atoms with Crippen molar-refractivity contribution < 1.29 is 57.9 Å². The van der Waals surface area contributed by atoms with Gasteiger partial charge in [0.1, 0.15) is 24.1 Å². The highest BCUT2D eigenvalue weighted by atomic mass is 35.5. The highest BCUT2D eigenvalue weighted by Crippen LogP contribution is 2.44. The van der Waals surface area contributed by atoms with Crippen molar-refractivity contribution in [3.05, 3.63) is 64.1 Å². The van der Waals surface area contributed by atoms with Crippen LogP contribution in [-0.2, 0) is 44.5 Å². The summed E-state index contributed by atoms with van der Waals surface area (Å²) in [5.74, 6) is -4.60. The van der Waals surface area contributed by atoms with Gasteiger partial charge in [-0.3, -0.25) is 33.4 Å². The zero-order chi connectivity index (χ0) is 42.0. The number of H-pyrrole nitrogens is 1. The van der Waals surface area contributed by atoms with Gasteiger partial charge in [0.2, 0.25) is 17.0 Å². The number of halogens is 1. The second kappa shape index (κ2) is 16.3. The van der Waals surface area contributed by atoms with E-state index in [0.717, 1.165) is 18.7 Å². The Kier molecular flexibility index (Phi) is 11.9. The number of ether oxygens (including phenoxy) is 5.